The predicted molar refractivity (Wildman–Crippen MR) is 70.8 cm³/mol. The summed E-state index contributed by atoms with van der Waals surface area (Å²) in [7, 11) is 0. The normalized spacial score (nSPS) is 11.2. The van der Waals surface area contributed by atoms with Gasteiger partial charge in [-0.05, 0) is 12.1 Å². The first kappa shape index (κ1) is 13.7. The SMILES string of the molecule is CC(C)NCCc1ncc(-c2cc(F)cc(F)c2)[nH]1. The second kappa shape index (κ2) is 5.93. The van der Waals surface area contributed by atoms with E-state index >= 15 is 0 Å². The fourth-order valence-electron chi connectivity index (χ4n) is 1.82. The lowest BCUT2D eigenvalue weighted by Gasteiger charge is -2.05. The number of hydrogen-bond donors (Lipinski definition) is 2. The first-order chi connectivity index (χ1) is 9.04. The monoisotopic (exact) mass is 265 g/mol. The molecule has 2 aromatic rings. The molecule has 0 aliphatic rings. The Kier molecular flexibility index (Phi) is 4.27. The highest BCUT2D eigenvalue weighted by atomic mass is 19.1. The van der Waals surface area contributed by atoms with Crippen molar-refractivity contribution < 1.29 is 8.78 Å². The van der Waals surface area contributed by atoms with Gasteiger partial charge in [0.25, 0.3) is 0 Å². The van der Waals surface area contributed by atoms with Crippen LogP contribution in [0.5, 0.6) is 0 Å². The Hall–Kier alpha value is -1.75. The van der Waals surface area contributed by atoms with Crippen molar-refractivity contribution in [1.82, 2.24) is 15.3 Å². The van der Waals surface area contributed by atoms with Crippen LogP contribution in [0.2, 0.25) is 0 Å². The molecule has 102 valence electrons. The maximum absolute atomic E-state index is 13.1. The van der Waals surface area contributed by atoms with Gasteiger partial charge in [0, 0.05) is 30.6 Å². The van der Waals surface area contributed by atoms with E-state index in [0.717, 1.165) is 24.9 Å². The summed E-state index contributed by atoms with van der Waals surface area (Å²) in [6.07, 6.45) is 2.34. The number of halogens is 2. The Morgan fingerprint density at radius 3 is 2.53 bits per heavy atom. The van der Waals surface area contributed by atoms with E-state index in [2.05, 4.69) is 29.1 Å². The molecule has 0 saturated carbocycles. The van der Waals surface area contributed by atoms with Crippen LogP contribution in [-0.2, 0) is 6.42 Å². The topological polar surface area (TPSA) is 40.7 Å². The second-order valence-electron chi connectivity index (χ2n) is 4.76. The minimum Gasteiger partial charge on any atom is -0.342 e. The van der Waals surface area contributed by atoms with Crippen molar-refractivity contribution in [3.63, 3.8) is 0 Å². The molecular formula is C14H17F2N3. The molecule has 2 rings (SSSR count). The first-order valence-electron chi connectivity index (χ1n) is 6.28. The summed E-state index contributed by atoms with van der Waals surface area (Å²) in [5.74, 6) is -0.381. The fourth-order valence-corrected chi connectivity index (χ4v) is 1.82. The average Bonchev–Trinajstić information content (AvgIpc) is 2.76. The Balaban J connectivity index is 2.07. The zero-order valence-electron chi connectivity index (χ0n) is 11.0. The van der Waals surface area contributed by atoms with Gasteiger partial charge < -0.3 is 10.3 Å². The Labute approximate surface area is 111 Å². The molecule has 5 heteroatoms. The molecule has 0 fully saturated rings. The number of aromatic amines is 1. The van der Waals surface area contributed by atoms with Crippen molar-refractivity contribution in [3.8, 4) is 11.3 Å². The van der Waals surface area contributed by atoms with Gasteiger partial charge >= 0.3 is 0 Å². The van der Waals surface area contributed by atoms with E-state index in [9.17, 15) is 8.78 Å². The smallest absolute Gasteiger partial charge is 0.126 e. The third-order valence-corrected chi connectivity index (χ3v) is 2.72. The maximum Gasteiger partial charge on any atom is 0.126 e. The van der Waals surface area contributed by atoms with Crippen LogP contribution in [0.3, 0.4) is 0 Å². The van der Waals surface area contributed by atoms with Crippen molar-refractivity contribution in [2.24, 2.45) is 0 Å². The van der Waals surface area contributed by atoms with Gasteiger partial charge in [-0.2, -0.15) is 0 Å². The molecule has 0 radical (unpaired) electrons. The van der Waals surface area contributed by atoms with Gasteiger partial charge in [0.2, 0.25) is 0 Å². The van der Waals surface area contributed by atoms with Crippen LogP contribution in [0.4, 0.5) is 8.78 Å². The van der Waals surface area contributed by atoms with Gasteiger partial charge in [-0.15, -0.1) is 0 Å². The minimum absolute atomic E-state index is 0.423. The molecule has 0 aliphatic heterocycles. The number of hydrogen-bond acceptors (Lipinski definition) is 2. The summed E-state index contributed by atoms with van der Waals surface area (Å²) in [5.41, 5.74) is 1.09. The molecule has 0 aliphatic carbocycles. The molecule has 3 nitrogen and oxygen atoms in total. The fraction of sp³-hybridized carbons (Fsp3) is 0.357. The van der Waals surface area contributed by atoms with Gasteiger partial charge in [0.15, 0.2) is 0 Å². The minimum atomic E-state index is -0.590. The molecule has 0 atom stereocenters. The number of imidazole rings is 1. The van der Waals surface area contributed by atoms with Gasteiger partial charge in [0.05, 0.1) is 11.9 Å². The standard InChI is InChI=1S/C14H17F2N3/c1-9(2)17-4-3-14-18-8-13(19-14)10-5-11(15)7-12(16)6-10/h5-9,17H,3-4H2,1-2H3,(H,18,19). The van der Waals surface area contributed by atoms with E-state index in [0.29, 0.717) is 17.3 Å². The van der Waals surface area contributed by atoms with E-state index in [1.165, 1.54) is 12.1 Å². The molecular weight excluding hydrogens is 248 g/mol. The summed E-state index contributed by atoms with van der Waals surface area (Å²) in [6, 6.07) is 3.85. The number of aromatic nitrogens is 2. The van der Waals surface area contributed by atoms with Crippen LogP contribution in [0.25, 0.3) is 11.3 Å². The van der Waals surface area contributed by atoms with Crippen molar-refractivity contribution >= 4 is 0 Å². The quantitative estimate of drug-likeness (QED) is 0.872. The molecule has 0 bridgehead atoms. The molecule has 0 spiro atoms. The number of nitrogens with zero attached hydrogens (tertiary/aromatic N) is 1. The molecule has 2 N–H and O–H groups in total. The van der Waals surface area contributed by atoms with E-state index in [-0.39, 0.29) is 0 Å². The Bertz CT molecular complexity index is 529. The Morgan fingerprint density at radius 1 is 1.21 bits per heavy atom. The van der Waals surface area contributed by atoms with Gasteiger partial charge in [-0.3, -0.25) is 0 Å². The summed E-state index contributed by atoms with van der Waals surface area (Å²) in [4.78, 5) is 7.28. The van der Waals surface area contributed by atoms with Crippen LogP contribution >= 0.6 is 0 Å². The summed E-state index contributed by atoms with van der Waals surface area (Å²) in [5, 5.41) is 3.28. The average molecular weight is 265 g/mol. The first-order valence-corrected chi connectivity index (χ1v) is 6.28. The lowest BCUT2D eigenvalue weighted by Crippen LogP contribution is -2.25. The molecule has 1 aromatic heterocycles. The van der Waals surface area contributed by atoms with Gasteiger partial charge in [-0.1, -0.05) is 13.8 Å². The predicted octanol–water partition coefficient (Wildman–Crippen LogP) is 2.90. The number of nitrogens with one attached hydrogen (secondary N) is 2. The lowest BCUT2D eigenvalue weighted by molar-refractivity contribution is 0.583. The zero-order valence-corrected chi connectivity index (χ0v) is 11.0. The number of H-pyrrole nitrogens is 1. The van der Waals surface area contributed by atoms with Crippen LogP contribution in [0.15, 0.2) is 24.4 Å². The van der Waals surface area contributed by atoms with Crippen molar-refractivity contribution in [1.29, 1.82) is 0 Å². The third kappa shape index (κ3) is 3.86. The second-order valence-corrected chi connectivity index (χ2v) is 4.76. The summed E-state index contributed by atoms with van der Waals surface area (Å²) < 4.78 is 26.3. The maximum atomic E-state index is 13.1. The van der Waals surface area contributed by atoms with E-state index in [1.807, 2.05) is 0 Å². The molecule has 0 unspecified atom stereocenters. The highest BCUT2D eigenvalue weighted by Gasteiger charge is 2.06. The highest BCUT2D eigenvalue weighted by molar-refractivity contribution is 5.58. The molecule has 1 aromatic carbocycles. The summed E-state index contributed by atoms with van der Waals surface area (Å²) >= 11 is 0. The summed E-state index contributed by atoms with van der Waals surface area (Å²) in [6.45, 7) is 4.95. The van der Waals surface area contributed by atoms with E-state index < -0.39 is 11.6 Å². The van der Waals surface area contributed by atoms with Crippen molar-refractivity contribution in [2.45, 2.75) is 26.3 Å². The largest absolute Gasteiger partial charge is 0.342 e. The van der Waals surface area contributed by atoms with E-state index in [1.54, 1.807) is 6.20 Å². The number of rotatable bonds is 5. The number of benzene rings is 1. The molecule has 1 heterocycles. The van der Waals surface area contributed by atoms with Gasteiger partial charge in [0.1, 0.15) is 17.5 Å². The van der Waals surface area contributed by atoms with Crippen LogP contribution in [0, 0.1) is 11.6 Å². The molecule has 0 amide bonds. The lowest BCUT2D eigenvalue weighted by atomic mass is 10.1. The van der Waals surface area contributed by atoms with Crippen LogP contribution in [-0.4, -0.2) is 22.6 Å². The zero-order chi connectivity index (χ0) is 13.8. The van der Waals surface area contributed by atoms with Crippen molar-refractivity contribution in [2.75, 3.05) is 6.54 Å². The molecule has 19 heavy (non-hydrogen) atoms. The van der Waals surface area contributed by atoms with Crippen molar-refractivity contribution in [3.05, 3.63) is 41.9 Å². The van der Waals surface area contributed by atoms with Crippen LogP contribution in [0.1, 0.15) is 19.7 Å². The van der Waals surface area contributed by atoms with E-state index in [4.69, 9.17) is 0 Å². The van der Waals surface area contributed by atoms with Gasteiger partial charge in [-0.25, -0.2) is 13.8 Å². The Morgan fingerprint density at radius 2 is 1.89 bits per heavy atom. The third-order valence-electron chi connectivity index (χ3n) is 2.72. The molecule has 0 saturated heterocycles. The highest BCUT2D eigenvalue weighted by Crippen LogP contribution is 2.19. The van der Waals surface area contributed by atoms with Crippen LogP contribution < -0.4 is 5.32 Å².